The Morgan fingerprint density at radius 1 is 1.20 bits per heavy atom. The van der Waals surface area contributed by atoms with Gasteiger partial charge in [0, 0.05) is 12.0 Å². The van der Waals surface area contributed by atoms with E-state index in [1.807, 2.05) is 6.07 Å². The van der Waals surface area contributed by atoms with Crippen LogP contribution in [0, 0.1) is 0 Å². The van der Waals surface area contributed by atoms with Gasteiger partial charge in [0.15, 0.2) is 10.4 Å². The fourth-order valence-electron chi connectivity index (χ4n) is 2.82. The quantitative estimate of drug-likeness (QED) is 0.709. The number of hydrogen-bond donors (Lipinski definition) is 1. The molecule has 126 valence electrons. The summed E-state index contributed by atoms with van der Waals surface area (Å²) in [5, 5.41) is 15.9. The molecule has 0 saturated heterocycles. The molecule has 0 fully saturated rings. The number of phenolic OH excluding ortho intramolecular Hbond substituents is 1. The van der Waals surface area contributed by atoms with Crippen LogP contribution in [0.15, 0.2) is 73.4 Å². The van der Waals surface area contributed by atoms with Crippen LogP contribution in [0.1, 0.15) is 34.3 Å². The Labute approximate surface area is 151 Å². The Bertz CT molecular complexity index is 946. The van der Waals surface area contributed by atoms with E-state index in [9.17, 15) is 9.90 Å². The first-order valence-corrected chi connectivity index (χ1v) is 8.41. The van der Waals surface area contributed by atoms with Crippen LogP contribution < -0.4 is 0 Å². The minimum Gasteiger partial charge on any atom is -0.507 e. The third kappa shape index (κ3) is 2.87. The standard InChI is InChI=1S/C18H13BrN2O4/c19-17-8-7-16(25-17)18(23)21-13(15-6-3-9-24-15)10-12(20-21)11-4-1-2-5-14(11)22/h1-9,13,22H,10H2/t13-/m0/s1. The van der Waals surface area contributed by atoms with Gasteiger partial charge < -0.3 is 13.9 Å². The molecule has 0 saturated carbocycles. The van der Waals surface area contributed by atoms with E-state index in [1.54, 1.807) is 48.7 Å². The number of carbonyl (C=O) groups excluding carboxylic acids is 1. The summed E-state index contributed by atoms with van der Waals surface area (Å²) < 4.78 is 11.3. The van der Waals surface area contributed by atoms with Gasteiger partial charge in [-0.25, -0.2) is 5.01 Å². The van der Waals surface area contributed by atoms with Crippen molar-refractivity contribution in [2.75, 3.05) is 0 Å². The smallest absolute Gasteiger partial charge is 0.310 e. The van der Waals surface area contributed by atoms with Crippen LogP contribution in [0.25, 0.3) is 0 Å². The molecule has 0 aliphatic carbocycles. The summed E-state index contributed by atoms with van der Waals surface area (Å²) in [4.78, 5) is 12.8. The third-order valence-corrected chi connectivity index (χ3v) is 4.42. The van der Waals surface area contributed by atoms with E-state index < -0.39 is 6.04 Å². The van der Waals surface area contributed by atoms with Gasteiger partial charge in [0.1, 0.15) is 17.6 Å². The molecule has 1 aromatic carbocycles. The van der Waals surface area contributed by atoms with E-state index in [-0.39, 0.29) is 17.4 Å². The molecule has 1 N–H and O–H groups in total. The molecule has 4 rings (SSSR count). The maximum atomic E-state index is 12.8. The molecule has 6 nitrogen and oxygen atoms in total. The van der Waals surface area contributed by atoms with Gasteiger partial charge >= 0.3 is 5.91 Å². The number of amides is 1. The minimum absolute atomic E-state index is 0.120. The summed E-state index contributed by atoms with van der Waals surface area (Å²) in [6, 6.07) is 13.3. The first-order chi connectivity index (χ1) is 12.1. The van der Waals surface area contributed by atoms with Gasteiger partial charge in [0.25, 0.3) is 0 Å². The lowest BCUT2D eigenvalue weighted by atomic mass is 10.0. The van der Waals surface area contributed by atoms with Gasteiger partial charge in [-0.3, -0.25) is 4.79 Å². The van der Waals surface area contributed by atoms with E-state index in [0.717, 1.165) is 0 Å². The number of halogens is 1. The van der Waals surface area contributed by atoms with E-state index in [2.05, 4.69) is 21.0 Å². The molecule has 2 aromatic heterocycles. The number of hydrogen-bond acceptors (Lipinski definition) is 5. The zero-order chi connectivity index (χ0) is 17.4. The molecule has 1 aliphatic rings. The second kappa shape index (κ2) is 6.25. The third-order valence-electron chi connectivity index (χ3n) is 3.99. The van der Waals surface area contributed by atoms with Crippen molar-refractivity contribution < 1.29 is 18.7 Å². The fourth-order valence-corrected chi connectivity index (χ4v) is 3.13. The topological polar surface area (TPSA) is 79.2 Å². The maximum absolute atomic E-state index is 12.8. The summed E-state index contributed by atoms with van der Waals surface area (Å²) >= 11 is 3.20. The zero-order valence-electron chi connectivity index (χ0n) is 12.9. The molecule has 25 heavy (non-hydrogen) atoms. The van der Waals surface area contributed by atoms with Crippen LogP contribution in [0.4, 0.5) is 0 Å². The normalized spacial score (nSPS) is 16.9. The summed E-state index contributed by atoms with van der Waals surface area (Å²) in [7, 11) is 0. The molecule has 1 aliphatic heterocycles. The zero-order valence-corrected chi connectivity index (χ0v) is 14.5. The average molecular weight is 401 g/mol. The first kappa shape index (κ1) is 15.7. The highest BCUT2D eigenvalue weighted by Crippen LogP contribution is 2.36. The molecular weight excluding hydrogens is 388 g/mol. The lowest BCUT2D eigenvalue weighted by molar-refractivity contribution is 0.0659. The van der Waals surface area contributed by atoms with Gasteiger partial charge in [-0.05, 0) is 52.3 Å². The highest BCUT2D eigenvalue weighted by Gasteiger charge is 2.37. The lowest BCUT2D eigenvalue weighted by Gasteiger charge is -2.18. The number of nitrogens with zero attached hydrogens (tertiary/aromatic N) is 2. The monoisotopic (exact) mass is 400 g/mol. The Kier molecular flexibility index (Phi) is 3.93. The Morgan fingerprint density at radius 3 is 2.72 bits per heavy atom. The molecular formula is C18H13BrN2O4. The Morgan fingerprint density at radius 2 is 2.04 bits per heavy atom. The fraction of sp³-hybridized carbons (Fsp3) is 0.111. The minimum atomic E-state index is -0.402. The van der Waals surface area contributed by atoms with Crippen LogP contribution in [0.2, 0.25) is 0 Å². The van der Waals surface area contributed by atoms with Gasteiger partial charge in [0.2, 0.25) is 0 Å². The molecule has 0 bridgehead atoms. The van der Waals surface area contributed by atoms with Crippen LogP contribution in [0.5, 0.6) is 5.75 Å². The highest BCUT2D eigenvalue weighted by molar-refractivity contribution is 9.10. The van der Waals surface area contributed by atoms with Crippen molar-refractivity contribution in [2.45, 2.75) is 12.5 Å². The number of para-hydroxylation sites is 1. The van der Waals surface area contributed by atoms with Crippen molar-refractivity contribution in [3.8, 4) is 5.75 Å². The van der Waals surface area contributed by atoms with Crippen molar-refractivity contribution in [2.24, 2.45) is 5.10 Å². The SMILES string of the molecule is O=C(c1ccc(Br)o1)N1N=C(c2ccccc2O)C[C@H]1c1ccco1. The van der Waals surface area contributed by atoms with Gasteiger partial charge in [0.05, 0.1) is 12.0 Å². The molecule has 0 unspecified atom stereocenters. The average Bonchev–Trinajstić information content (AvgIpc) is 3.34. The number of carbonyl (C=O) groups is 1. The van der Waals surface area contributed by atoms with Crippen LogP contribution in [-0.4, -0.2) is 21.7 Å². The van der Waals surface area contributed by atoms with Crippen molar-refractivity contribution in [3.05, 3.63) is 76.5 Å². The van der Waals surface area contributed by atoms with Crippen LogP contribution in [-0.2, 0) is 0 Å². The predicted molar refractivity (Wildman–Crippen MR) is 93.3 cm³/mol. The van der Waals surface area contributed by atoms with Crippen molar-refractivity contribution >= 4 is 27.5 Å². The summed E-state index contributed by atoms with van der Waals surface area (Å²) in [6.07, 6.45) is 1.98. The number of benzene rings is 1. The Balaban J connectivity index is 1.74. The lowest BCUT2D eigenvalue weighted by Crippen LogP contribution is -2.26. The van der Waals surface area contributed by atoms with Gasteiger partial charge in [-0.15, -0.1) is 0 Å². The molecule has 3 aromatic rings. The maximum Gasteiger partial charge on any atom is 0.310 e. The van der Waals surface area contributed by atoms with Crippen molar-refractivity contribution in [1.29, 1.82) is 0 Å². The van der Waals surface area contributed by atoms with E-state index >= 15 is 0 Å². The number of furan rings is 2. The number of hydrazone groups is 1. The molecule has 1 amide bonds. The first-order valence-electron chi connectivity index (χ1n) is 7.61. The molecule has 7 heteroatoms. The van der Waals surface area contributed by atoms with E-state index in [0.29, 0.717) is 28.1 Å². The molecule has 1 atom stereocenters. The number of phenols is 1. The summed E-state index contributed by atoms with van der Waals surface area (Å²) in [5.41, 5.74) is 1.20. The predicted octanol–water partition coefficient (Wildman–Crippen LogP) is 4.33. The van der Waals surface area contributed by atoms with Gasteiger partial charge in [-0.1, -0.05) is 12.1 Å². The van der Waals surface area contributed by atoms with Gasteiger partial charge in [-0.2, -0.15) is 5.10 Å². The summed E-state index contributed by atoms with van der Waals surface area (Å²) in [5.74, 6) is 0.533. The largest absolute Gasteiger partial charge is 0.507 e. The highest BCUT2D eigenvalue weighted by atomic mass is 79.9. The Hall–Kier alpha value is -2.80. The van der Waals surface area contributed by atoms with E-state index in [1.165, 1.54) is 5.01 Å². The summed E-state index contributed by atoms with van der Waals surface area (Å²) in [6.45, 7) is 0. The van der Waals surface area contributed by atoms with E-state index in [4.69, 9.17) is 8.83 Å². The van der Waals surface area contributed by atoms with Crippen molar-refractivity contribution in [3.63, 3.8) is 0 Å². The number of rotatable bonds is 3. The number of aromatic hydroxyl groups is 1. The second-order valence-electron chi connectivity index (χ2n) is 5.55. The molecule has 3 heterocycles. The molecule has 0 spiro atoms. The second-order valence-corrected chi connectivity index (χ2v) is 6.33. The molecule has 0 radical (unpaired) electrons. The van der Waals surface area contributed by atoms with Crippen LogP contribution in [0.3, 0.4) is 0 Å². The van der Waals surface area contributed by atoms with Crippen LogP contribution >= 0.6 is 15.9 Å². The van der Waals surface area contributed by atoms with Crippen molar-refractivity contribution in [1.82, 2.24) is 5.01 Å².